The second-order valence-electron chi connectivity index (χ2n) is 8.54. The first-order chi connectivity index (χ1) is 16.0. The molecule has 5 nitrogen and oxygen atoms in total. The van der Waals surface area contributed by atoms with Crippen molar-refractivity contribution in [2.45, 2.75) is 37.8 Å². The number of hydrogen-bond acceptors (Lipinski definition) is 5. The van der Waals surface area contributed by atoms with Crippen molar-refractivity contribution < 1.29 is 24.1 Å². The molecule has 3 aromatic rings. The van der Waals surface area contributed by atoms with E-state index in [4.69, 9.17) is 18.9 Å². The van der Waals surface area contributed by atoms with Gasteiger partial charge in [-0.15, -0.1) is 0 Å². The van der Waals surface area contributed by atoms with E-state index < -0.39 is 17.8 Å². The topological polar surface area (TPSA) is 57.2 Å². The molecular weight excluding hydrogens is 416 g/mol. The normalized spacial score (nSPS) is 22.8. The molecule has 0 aliphatic carbocycles. The number of rotatable bonds is 8. The Labute approximate surface area is 195 Å². The summed E-state index contributed by atoms with van der Waals surface area (Å²) < 4.78 is 23.7. The Kier molecular flexibility index (Phi) is 7.03. The fraction of sp³-hybridized carbons (Fsp3) is 0.357. The molecule has 0 aromatic heterocycles. The van der Waals surface area contributed by atoms with Crippen LogP contribution in [0.3, 0.4) is 0 Å². The SMILES string of the molecule is COc1ccc(C(OC[C@H]2O[C@@H](C)[C@H](C)[C@@H]2O)(c2ccccc2)c2ccc(OC)cc2)cc1. The second-order valence-corrected chi connectivity index (χ2v) is 8.54. The number of aliphatic hydroxyl groups is 1. The van der Waals surface area contributed by atoms with Gasteiger partial charge in [-0.05, 0) is 47.9 Å². The molecule has 5 heteroatoms. The Morgan fingerprint density at radius 3 is 1.67 bits per heavy atom. The zero-order valence-electron chi connectivity index (χ0n) is 19.6. The zero-order valence-corrected chi connectivity index (χ0v) is 19.6. The number of aliphatic hydroxyl groups excluding tert-OH is 1. The maximum atomic E-state index is 10.7. The third-order valence-corrected chi connectivity index (χ3v) is 6.69. The van der Waals surface area contributed by atoms with Gasteiger partial charge in [-0.2, -0.15) is 0 Å². The molecule has 1 aliphatic rings. The van der Waals surface area contributed by atoms with E-state index in [0.29, 0.717) is 0 Å². The van der Waals surface area contributed by atoms with E-state index in [0.717, 1.165) is 28.2 Å². The van der Waals surface area contributed by atoms with Gasteiger partial charge in [0.05, 0.1) is 33.0 Å². The first-order valence-electron chi connectivity index (χ1n) is 11.3. The summed E-state index contributed by atoms with van der Waals surface area (Å²) in [6, 6.07) is 25.9. The van der Waals surface area contributed by atoms with Crippen LogP contribution in [0, 0.1) is 5.92 Å². The van der Waals surface area contributed by atoms with Crippen LogP contribution in [0.2, 0.25) is 0 Å². The fourth-order valence-corrected chi connectivity index (χ4v) is 4.52. The zero-order chi connectivity index (χ0) is 23.4. The van der Waals surface area contributed by atoms with Gasteiger partial charge in [0.25, 0.3) is 0 Å². The van der Waals surface area contributed by atoms with E-state index in [1.54, 1.807) is 14.2 Å². The van der Waals surface area contributed by atoms with Gasteiger partial charge in [-0.3, -0.25) is 0 Å². The van der Waals surface area contributed by atoms with Crippen molar-refractivity contribution >= 4 is 0 Å². The number of benzene rings is 3. The van der Waals surface area contributed by atoms with Crippen molar-refractivity contribution in [1.82, 2.24) is 0 Å². The van der Waals surface area contributed by atoms with Crippen molar-refractivity contribution in [2.24, 2.45) is 5.92 Å². The van der Waals surface area contributed by atoms with E-state index in [9.17, 15) is 5.11 Å². The molecule has 0 bridgehead atoms. The van der Waals surface area contributed by atoms with E-state index in [2.05, 4.69) is 12.1 Å². The van der Waals surface area contributed by atoms with Crippen LogP contribution in [0.15, 0.2) is 78.9 Å². The van der Waals surface area contributed by atoms with Crippen molar-refractivity contribution in [3.05, 3.63) is 95.6 Å². The van der Waals surface area contributed by atoms with E-state index in [1.165, 1.54) is 0 Å². The van der Waals surface area contributed by atoms with Crippen LogP contribution in [0.5, 0.6) is 11.5 Å². The van der Waals surface area contributed by atoms with Gasteiger partial charge in [0, 0.05) is 5.92 Å². The Morgan fingerprint density at radius 2 is 1.24 bits per heavy atom. The third-order valence-electron chi connectivity index (χ3n) is 6.69. The van der Waals surface area contributed by atoms with Gasteiger partial charge in [0.2, 0.25) is 0 Å². The summed E-state index contributed by atoms with van der Waals surface area (Å²) in [7, 11) is 3.31. The minimum absolute atomic E-state index is 0.0262. The van der Waals surface area contributed by atoms with Crippen LogP contribution in [0.1, 0.15) is 30.5 Å². The molecule has 174 valence electrons. The van der Waals surface area contributed by atoms with Crippen LogP contribution in [0.4, 0.5) is 0 Å². The first kappa shape index (κ1) is 23.3. The van der Waals surface area contributed by atoms with E-state index in [-0.39, 0.29) is 18.6 Å². The van der Waals surface area contributed by atoms with Gasteiger partial charge < -0.3 is 24.1 Å². The molecule has 1 saturated heterocycles. The minimum Gasteiger partial charge on any atom is -0.497 e. The maximum absolute atomic E-state index is 10.7. The molecular formula is C28H32O5. The van der Waals surface area contributed by atoms with Gasteiger partial charge in [0.15, 0.2) is 0 Å². The Hall–Kier alpha value is -2.86. The van der Waals surface area contributed by atoms with Crippen LogP contribution < -0.4 is 9.47 Å². The largest absolute Gasteiger partial charge is 0.497 e. The molecule has 33 heavy (non-hydrogen) atoms. The molecule has 3 aromatic carbocycles. The Morgan fingerprint density at radius 1 is 0.758 bits per heavy atom. The summed E-state index contributed by atoms with van der Waals surface area (Å²) in [6.07, 6.45) is -1.02. The maximum Gasteiger partial charge on any atom is 0.143 e. The lowest BCUT2D eigenvalue weighted by Crippen LogP contribution is -2.38. The second kappa shape index (κ2) is 9.96. The van der Waals surface area contributed by atoms with Crippen LogP contribution in [0.25, 0.3) is 0 Å². The predicted octanol–water partition coefficient (Wildman–Crippen LogP) is 4.80. The van der Waals surface area contributed by atoms with Gasteiger partial charge in [0.1, 0.15) is 23.2 Å². The molecule has 4 rings (SSSR count). The van der Waals surface area contributed by atoms with Gasteiger partial charge in [-0.25, -0.2) is 0 Å². The first-order valence-corrected chi connectivity index (χ1v) is 11.3. The summed E-state index contributed by atoms with van der Waals surface area (Å²) in [5, 5.41) is 10.7. The molecule has 1 aliphatic heterocycles. The van der Waals surface area contributed by atoms with Crippen LogP contribution in [-0.4, -0.2) is 44.2 Å². The molecule has 0 spiro atoms. The van der Waals surface area contributed by atoms with E-state index >= 15 is 0 Å². The highest BCUT2D eigenvalue weighted by atomic mass is 16.6. The summed E-state index contributed by atoms with van der Waals surface area (Å²) >= 11 is 0. The molecule has 1 fully saturated rings. The van der Waals surface area contributed by atoms with E-state index in [1.807, 2.05) is 80.6 Å². The average Bonchev–Trinajstić information content (AvgIpc) is 3.12. The Bertz CT molecular complexity index is 969. The molecule has 0 unspecified atom stereocenters. The predicted molar refractivity (Wildman–Crippen MR) is 128 cm³/mol. The van der Waals surface area contributed by atoms with Crippen molar-refractivity contribution in [3.63, 3.8) is 0 Å². The summed E-state index contributed by atoms with van der Waals surface area (Å²) in [5.74, 6) is 1.59. The van der Waals surface area contributed by atoms with Crippen LogP contribution >= 0.6 is 0 Å². The monoisotopic (exact) mass is 448 g/mol. The quantitative estimate of drug-likeness (QED) is 0.502. The summed E-state index contributed by atoms with van der Waals surface area (Å²) in [4.78, 5) is 0. The average molecular weight is 449 g/mol. The highest BCUT2D eigenvalue weighted by molar-refractivity contribution is 5.49. The molecule has 4 atom stereocenters. The minimum atomic E-state index is -0.919. The molecule has 0 radical (unpaired) electrons. The lowest BCUT2D eigenvalue weighted by atomic mass is 9.80. The van der Waals surface area contributed by atoms with Gasteiger partial charge >= 0.3 is 0 Å². The highest BCUT2D eigenvalue weighted by Gasteiger charge is 2.43. The molecule has 1 heterocycles. The molecule has 0 saturated carbocycles. The number of methoxy groups -OCH3 is 2. The third kappa shape index (κ3) is 4.49. The summed E-state index contributed by atoms with van der Waals surface area (Å²) in [6.45, 7) is 4.24. The summed E-state index contributed by atoms with van der Waals surface area (Å²) in [5.41, 5.74) is 1.97. The standard InChI is InChI=1S/C28H32O5/c1-19-20(2)33-26(27(19)29)18-32-28(21-8-6-5-7-9-21,22-10-14-24(30-3)15-11-22)23-12-16-25(31-4)17-13-23/h5-17,19-20,26-27,29H,18H2,1-4H3/t19-,20-,26+,27-/m0/s1. The van der Waals surface area contributed by atoms with Crippen molar-refractivity contribution in [3.8, 4) is 11.5 Å². The number of hydrogen-bond donors (Lipinski definition) is 1. The highest BCUT2D eigenvalue weighted by Crippen LogP contribution is 2.42. The smallest absolute Gasteiger partial charge is 0.143 e. The molecule has 1 N–H and O–H groups in total. The van der Waals surface area contributed by atoms with Crippen molar-refractivity contribution in [2.75, 3.05) is 20.8 Å². The van der Waals surface area contributed by atoms with Crippen LogP contribution in [-0.2, 0) is 15.1 Å². The van der Waals surface area contributed by atoms with Gasteiger partial charge in [-0.1, -0.05) is 61.5 Å². The fourth-order valence-electron chi connectivity index (χ4n) is 4.52. The molecule has 0 amide bonds. The lowest BCUT2D eigenvalue weighted by molar-refractivity contribution is -0.0800. The lowest BCUT2D eigenvalue weighted by Gasteiger charge is -2.37. The number of ether oxygens (including phenoxy) is 4. The van der Waals surface area contributed by atoms with Crippen molar-refractivity contribution in [1.29, 1.82) is 0 Å². The Balaban J connectivity index is 1.83.